The first-order valence-electron chi connectivity index (χ1n) is 6.33. The molecule has 0 heterocycles. The molecule has 0 fully saturated rings. The van der Waals surface area contributed by atoms with Crippen LogP contribution < -0.4 is 0 Å². The second-order valence-electron chi connectivity index (χ2n) is 4.44. The summed E-state index contributed by atoms with van der Waals surface area (Å²) in [6.07, 6.45) is 11.9. The lowest BCUT2D eigenvalue weighted by atomic mass is 9.85. The van der Waals surface area contributed by atoms with Crippen molar-refractivity contribution in [2.75, 3.05) is 0 Å². The van der Waals surface area contributed by atoms with E-state index in [1.54, 1.807) is 0 Å². The van der Waals surface area contributed by atoms with E-state index < -0.39 is 0 Å². The largest absolute Gasteiger partial charge is 0.0839 e. The van der Waals surface area contributed by atoms with Gasteiger partial charge < -0.3 is 0 Å². The van der Waals surface area contributed by atoms with Crippen molar-refractivity contribution in [2.24, 2.45) is 0 Å². The Labute approximate surface area is 98.7 Å². The molecule has 0 heteroatoms. The highest BCUT2D eigenvalue weighted by Gasteiger charge is 2.14. The van der Waals surface area contributed by atoms with Crippen LogP contribution in [0.15, 0.2) is 54.1 Å². The quantitative estimate of drug-likeness (QED) is 0.669. The summed E-state index contributed by atoms with van der Waals surface area (Å²) in [5.41, 5.74) is 2.97. The molecule has 0 spiro atoms. The molecule has 0 saturated carbocycles. The van der Waals surface area contributed by atoms with E-state index in [1.807, 2.05) is 0 Å². The molecule has 0 aliphatic heterocycles. The van der Waals surface area contributed by atoms with Crippen molar-refractivity contribution in [1.82, 2.24) is 0 Å². The molecule has 0 bridgehead atoms. The summed E-state index contributed by atoms with van der Waals surface area (Å²) >= 11 is 0. The molecular weight excluding hydrogens is 192 g/mol. The topological polar surface area (TPSA) is 0 Å². The van der Waals surface area contributed by atoms with Crippen LogP contribution in [0.3, 0.4) is 0 Å². The van der Waals surface area contributed by atoms with Gasteiger partial charge in [0.05, 0.1) is 0 Å². The second-order valence-corrected chi connectivity index (χ2v) is 4.44. The lowest BCUT2D eigenvalue weighted by Gasteiger charge is -2.20. The molecule has 0 nitrogen and oxygen atoms in total. The van der Waals surface area contributed by atoms with E-state index in [2.05, 4.69) is 55.5 Å². The Morgan fingerprint density at radius 2 is 1.94 bits per heavy atom. The lowest BCUT2D eigenvalue weighted by Crippen LogP contribution is -2.02. The second kappa shape index (κ2) is 5.69. The van der Waals surface area contributed by atoms with Crippen molar-refractivity contribution >= 4 is 0 Å². The number of hydrogen-bond acceptors (Lipinski definition) is 0. The van der Waals surface area contributed by atoms with Gasteiger partial charge in [-0.05, 0) is 30.4 Å². The molecule has 1 atom stereocenters. The Hall–Kier alpha value is -1.30. The standard InChI is InChI=1S/C16H20/c1-2-9-16(14-10-5-3-6-11-14)15-12-7-4-8-13-15/h3,5-7,10-13,16H,2,4,8-9H2,1H3. The summed E-state index contributed by atoms with van der Waals surface area (Å²) in [6, 6.07) is 10.9. The Kier molecular flexibility index (Phi) is 3.98. The molecule has 1 aromatic carbocycles. The minimum absolute atomic E-state index is 0.600. The Morgan fingerprint density at radius 1 is 1.12 bits per heavy atom. The van der Waals surface area contributed by atoms with Crippen LogP contribution in [0.4, 0.5) is 0 Å². The average molecular weight is 212 g/mol. The highest BCUT2D eigenvalue weighted by molar-refractivity contribution is 5.36. The fourth-order valence-corrected chi connectivity index (χ4v) is 2.39. The smallest absolute Gasteiger partial charge is 0.00859 e. The first-order chi connectivity index (χ1) is 7.92. The minimum atomic E-state index is 0.600. The molecule has 0 N–H and O–H groups in total. The molecule has 2 rings (SSSR count). The van der Waals surface area contributed by atoms with Crippen molar-refractivity contribution in [1.29, 1.82) is 0 Å². The van der Waals surface area contributed by atoms with E-state index in [-0.39, 0.29) is 0 Å². The molecule has 1 aromatic rings. The van der Waals surface area contributed by atoms with Gasteiger partial charge in [-0.2, -0.15) is 0 Å². The predicted molar refractivity (Wildman–Crippen MR) is 70.5 cm³/mol. The highest BCUT2D eigenvalue weighted by Crippen LogP contribution is 2.31. The van der Waals surface area contributed by atoms with Crippen LogP contribution in [-0.2, 0) is 0 Å². The maximum atomic E-state index is 2.41. The van der Waals surface area contributed by atoms with Gasteiger partial charge in [0, 0.05) is 5.92 Å². The van der Waals surface area contributed by atoms with Crippen LogP contribution in [0.1, 0.15) is 44.1 Å². The van der Waals surface area contributed by atoms with Crippen molar-refractivity contribution in [2.45, 2.75) is 38.5 Å². The van der Waals surface area contributed by atoms with Crippen molar-refractivity contribution < 1.29 is 0 Å². The van der Waals surface area contributed by atoms with Crippen molar-refractivity contribution in [3.63, 3.8) is 0 Å². The predicted octanol–water partition coefficient (Wildman–Crippen LogP) is 4.85. The molecule has 0 amide bonds. The molecule has 0 radical (unpaired) electrons. The fraction of sp³-hybridized carbons (Fsp3) is 0.375. The van der Waals surface area contributed by atoms with Crippen LogP contribution in [0, 0.1) is 0 Å². The molecular formula is C16H20. The monoisotopic (exact) mass is 212 g/mol. The number of allylic oxidation sites excluding steroid dienone is 4. The maximum absolute atomic E-state index is 2.41. The van der Waals surface area contributed by atoms with E-state index in [0.29, 0.717) is 5.92 Å². The Morgan fingerprint density at radius 3 is 2.56 bits per heavy atom. The molecule has 1 aliphatic rings. The Balaban J connectivity index is 2.23. The number of benzene rings is 1. The summed E-state index contributed by atoms with van der Waals surface area (Å²) < 4.78 is 0. The van der Waals surface area contributed by atoms with Gasteiger partial charge in [-0.3, -0.25) is 0 Å². The third-order valence-electron chi connectivity index (χ3n) is 3.21. The first-order valence-corrected chi connectivity index (χ1v) is 6.33. The fourth-order valence-electron chi connectivity index (χ4n) is 2.39. The third kappa shape index (κ3) is 2.63. The molecule has 1 unspecified atom stereocenters. The van der Waals surface area contributed by atoms with E-state index in [0.717, 1.165) is 0 Å². The van der Waals surface area contributed by atoms with Crippen molar-refractivity contribution in [3.05, 3.63) is 59.7 Å². The van der Waals surface area contributed by atoms with Gasteiger partial charge in [-0.25, -0.2) is 0 Å². The van der Waals surface area contributed by atoms with Gasteiger partial charge in [0.15, 0.2) is 0 Å². The number of rotatable bonds is 4. The molecule has 0 saturated heterocycles. The summed E-state index contributed by atoms with van der Waals surface area (Å²) in [4.78, 5) is 0. The highest BCUT2D eigenvalue weighted by atomic mass is 14.2. The van der Waals surface area contributed by atoms with E-state index >= 15 is 0 Å². The normalized spacial score (nSPS) is 16.9. The third-order valence-corrected chi connectivity index (χ3v) is 3.21. The molecule has 1 aliphatic carbocycles. The summed E-state index contributed by atoms with van der Waals surface area (Å²) in [6.45, 7) is 2.27. The molecule has 84 valence electrons. The minimum Gasteiger partial charge on any atom is -0.0839 e. The van der Waals surface area contributed by atoms with Crippen LogP contribution in [0.2, 0.25) is 0 Å². The number of hydrogen-bond donors (Lipinski definition) is 0. The maximum Gasteiger partial charge on any atom is 0.00859 e. The van der Waals surface area contributed by atoms with E-state index in [1.165, 1.54) is 36.8 Å². The molecule has 16 heavy (non-hydrogen) atoms. The zero-order chi connectivity index (χ0) is 11.2. The lowest BCUT2D eigenvalue weighted by molar-refractivity contribution is 0.691. The average Bonchev–Trinajstić information content (AvgIpc) is 2.38. The van der Waals surface area contributed by atoms with Crippen molar-refractivity contribution in [3.8, 4) is 0 Å². The SMILES string of the molecule is CCCC(C1=CCCC=C1)c1ccccc1. The first kappa shape index (κ1) is 11.2. The van der Waals surface area contributed by atoms with Gasteiger partial charge in [0.25, 0.3) is 0 Å². The van der Waals surface area contributed by atoms with Gasteiger partial charge in [0.1, 0.15) is 0 Å². The zero-order valence-corrected chi connectivity index (χ0v) is 10.0. The van der Waals surface area contributed by atoms with Crippen LogP contribution in [-0.4, -0.2) is 0 Å². The van der Waals surface area contributed by atoms with Crippen LogP contribution in [0.25, 0.3) is 0 Å². The van der Waals surface area contributed by atoms with Gasteiger partial charge >= 0.3 is 0 Å². The van der Waals surface area contributed by atoms with Gasteiger partial charge in [0.2, 0.25) is 0 Å². The van der Waals surface area contributed by atoms with Gasteiger partial charge in [-0.1, -0.05) is 61.9 Å². The van der Waals surface area contributed by atoms with E-state index in [4.69, 9.17) is 0 Å². The van der Waals surface area contributed by atoms with Crippen LogP contribution >= 0.6 is 0 Å². The summed E-state index contributed by atoms with van der Waals surface area (Å²) in [7, 11) is 0. The summed E-state index contributed by atoms with van der Waals surface area (Å²) in [5.74, 6) is 0.600. The van der Waals surface area contributed by atoms with Crippen LogP contribution in [0.5, 0.6) is 0 Å². The Bertz CT molecular complexity index is 370. The zero-order valence-electron chi connectivity index (χ0n) is 10.0. The van der Waals surface area contributed by atoms with E-state index in [9.17, 15) is 0 Å². The molecule has 0 aromatic heterocycles. The summed E-state index contributed by atoms with van der Waals surface area (Å²) in [5, 5.41) is 0. The van der Waals surface area contributed by atoms with Gasteiger partial charge in [-0.15, -0.1) is 0 Å².